The largest absolute Gasteiger partial charge is 0.480 e. The number of carbonyl (C=O) groups excluding carboxylic acids is 2. The number of nitrogens with zero attached hydrogens (tertiary/aromatic N) is 1. The molecule has 2 N–H and O–H groups in total. The second kappa shape index (κ2) is 10.3. The lowest BCUT2D eigenvalue weighted by Crippen LogP contribution is -2.49. The first kappa shape index (κ1) is 22.7. The number of carbonyl (C=O) groups is 3. The summed E-state index contributed by atoms with van der Waals surface area (Å²) in [7, 11) is 1.40. The van der Waals surface area contributed by atoms with Gasteiger partial charge in [0.05, 0.1) is 0 Å². The third-order valence-corrected chi connectivity index (χ3v) is 5.94. The van der Waals surface area contributed by atoms with Crippen molar-refractivity contribution in [2.45, 2.75) is 18.4 Å². The molecule has 3 rings (SSSR count). The van der Waals surface area contributed by atoms with Gasteiger partial charge in [0.25, 0.3) is 0 Å². The van der Waals surface area contributed by atoms with Gasteiger partial charge < -0.3 is 20.1 Å². The summed E-state index contributed by atoms with van der Waals surface area (Å²) in [5.41, 5.74) is 4.48. The minimum atomic E-state index is -1.11. The van der Waals surface area contributed by atoms with E-state index in [1.165, 1.54) is 18.8 Å². The van der Waals surface area contributed by atoms with Crippen molar-refractivity contribution in [1.82, 2.24) is 10.2 Å². The molecule has 0 heterocycles. The Morgan fingerprint density at radius 2 is 1.68 bits per heavy atom. The lowest BCUT2D eigenvalue weighted by Gasteiger charge is -2.23. The Balaban J connectivity index is 1.66. The minimum Gasteiger partial charge on any atom is -0.480 e. The normalized spacial score (nSPS) is 13.1. The highest BCUT2D eigenvalue weighted by molar-refractivity contribution is 7.98. The SMILES string of the molecule is CSCC[C@@H](NC(=O)OCC1c2ccccc2-c2ccccc21)C(=O)N(C)CC(=O)O. The molecular formula is C23H26N2O5S. The first-order valence-electron chi connectivity index (χ1n) is 9.99. The first-order valence-corrected chi connectivity index (χ1v) is 11.4. The van der Waals surface area contributed by atoms with Gasteiger partial charge >= 0.3 is 12.1 Å². The maximum atomic E-state index is 12.6. The Hall–Kier alpha value is -3.00. The number of rotatable bonds is 9. The molecule has 0 fully saturated rings. The van der Waals surface area contributed by atoms with Crippen LogP contribution in [-0.4, -0.2) is 66.2 Å². The summed E-state index contributed by atoms with van der Waals surface area (Å²) in [5, 5.41) is 11.5. The van der Waals surface area contributed by atoms with Gasteiger partial charge in [-0.1, -0.05) is 48.5 Å². The highest BCUT2D eigenvalue weighted by Gasteiger charge is 2.30. The molecular weight excluding hydrogens is 416 g/mol. The summed E-state index contributed by atoms with van der Waals surface area (Å²) in [6.07, 6.45) is 1.59. The number of alkyl carbamates (subject to hydrolysis) is 1. The van der Waals surface area contributed by atoms with Crippen LogP contribution in [0.15, 0.2) is 48.5 Å². The van der Waals surface area contributed by atoms with Gasteiger partial charge in [0.15, 0.2) is 0 Å². The van der Waals surface area contributed by atoms with Gasteiger partial charge in [0.1, 0.15) is 19.2 Å². The minimum absolute atomic E-state index is 0.0758. The van der Waals surface area contributed by atoms with Crippen molar-refractivity contribution in [3.05, 3.63) is 59.7 Å². The first-order chi connectivity index (χ1) is 14.9. The third kappa shape index (κ3) is 5.38. The lowest BCUT2D eigenvalue weighted by molar-refractivity contribution is -0.144. The molecule has 0 aliphatic heterocycles. The Bertz CT molecular complexity index is 919. The maximum Gasteiger partial charge on any atom is 0.407 e. The van der Waals surface area contributed by atoms with Crippen LogP contribution in [0, 0.1) is 0 Å². The molecule has 7 nitrogen and oxygen atoms in total. The fourth-order valence-corrected chi connectivity index (χ4v) is 4.29. The molecule has 1 atom stereocenters. The van der Waals surface area contributed by atoms with Crippen molar-refractivity contribution in [2.24, 2.45) is 0 Å². The molecule has 2 aromatic carbocycles. The van der Waals surface area contributed by atoms with Crippen molar-refractivity contribution in [3.8, 4) is 11.1 Å². The zero-order valence-corrected chi connectivity index (χ0v) is 18.4. The van der Waals surface area contributed by atoms with Crippen LogP contribution < -0.4 is 5.32 Å². The van der Waals surface area contributed by atoms with E-state index in [9.17, 15) is 14.4 Å². The third-order valence-electron chi connectivity index (χ3n) is 5.29. The maximum absolute atomic E-state index is 12.6. The van der Waals surface area contributed by atoms with Crippen LogP contribution in [-0.2, 0) is 14.3 Å². The van der Waals surface area contributed by atoms with Crippen LogP contribution in [0.5, 0.6) is 0 Å². The number of aliphatic carboxylic acids is 1. The van der Waals surface area contributed by atoms with E-state index in [0.717, 1.165) is 27.2 Å². The average molecular weight is 443 g/mol. The van der Waals surface area contributed by atoms with E-state index < -0.39 is 30.6 Å². The van der Waals surface area contributed by atoms with E-state index in [2.05, 4.69) is 17.4 Å². The molecule has 0 aromatic heterocycles. The standard InChI is InChI=1S/C23H26N2O5S/c1-25(13-21(26)27)22(28)20(11-12-31-2)24-23(29)30-14-19-17-9-5-3-7-15(17)16-8-4-6-10-18(16)19/h3-10,19-20H,11-14H2,1-2H3,(H,24,29)(H,26,27)/t20-/m1/s1. The van der Waals surface area contributed by atoms with E-state index in [4.69, 9.17) is 9.84 Å². The van der Waals surface area contributed by atoms with Gasteiger partial charge in [0.2, 0.25) is 5.91 Å². The molecule has 2 aromatic rings. The molecule has 0 bridgehead atoms. The predicted octanol–water partition coefficient (Wildman–Crippen LogP) is 3.19. The van der Waals surface area contributed by atoms with Gasteiger partial charge in [-0.2, -0.15) is 11.8 Å². The predicted molar refractivity (Wildman–Crippen MR) is 120 cm³/mol. The number of fused-ring (bicyclic) bond motifs is 3. The molecule has 0 spiro atoms. The number of carboxylic acid groups (broad SMARTS) is 1. The van der Waals surface area contributed by atoms with Gasteiger partial charge in [-0.3, -0.25) is 9.59 Å². The fourth-order valence-electron chi connectivity index (χ4n) is 3.82. The van der Waals surface area contributed by atoms with E-state index in [1.807, 2.05) is 42.7 Å². The van der Waals surface area contributed by atoms with Gasteiger partial charge in [0, 0.05) is 13.0 Å². The Labute approximate surface area is 185 Å². The molecule has 0 saturated carbocycles. The zero-order chi connectivity index (χ0) is 22.4. The number of hydrogen-bond acceptors (Lipinski definition) is 5. The number of ether oxygens (including phenoxy) is 1. The van der Waals surface area contributed by atoms with Crippen molar-refractivity contribution in [3.63, 3.8) is 0 Å². The van der Waals surface area contributed by atoms with E-state index in [1.54, 1.807) is 0 Å². The smallest absolute Gasteiger partial charge is 0.407 e. The molecule has 0 unspecified atom stereocenters. The quantitative estimate of drug-likeness (QED) is 0.619. The number of nitrogens with one attached hydrogen (secondary N) is 1. The van der Waals surface area contributed by atoms with Crippen molar-refractivity contribution < 1.29 is 24.2 Å². The number of carboxylic acids is 1. The molecule has 0 radical (unpaired) electrons. The van der Waals surface area contributed by atoms with Crippen LogP contribution in [0.2, 0.25) is 0 Å². The number of hydrogen-bond donors (Lipinski definition) is 2. The van der Waals surface area contributed by atoms with Crippen molar-refractivity contribution in [1.29, 1.82) is 0 Å². The average Bonchev–Trinajstić information content (AvgIpc) is 3.08. The second-order valence-electron chi connectivity index (χ2n) is 7.39. The monoisotopic (exact) mass is 442 g/mol. The summed E-state index contributed by atoms with van der Waals surface area (Å²) in [6, 6.07) is 15.3. The molecule has 1 aliphatic carbocycles. The van der Waals surface area contributed by atoms with Crippen LogP contribution in [0.1, 0.15) is 23.5 Å². The van der Waals surface area contributed by atoms with Gasteiger partial charge in [-0.25, -0.2) is 4.79 Å². The van der Waals surface area contributed by atoms with Gasteiger partial charge in [-0.15, -0.1) is 0 Å². The van der Waals surface area contributed by atoms with E-state index in [0.29, 0.717) is 12.2 Å². The number of thioether (sulfide) groups is 1. The van der Waals surface area contributed by atoms with Crippen molar-refractivity contribution in [2.75, 3.05) is 32.2 Å². The number of likely N-dealkylation sites (N-methyl/N-ethyl adjacent to an activating group) is 1. The van der Waals surface area contributed by atoms with Crippen LogP contribution in [0.4, 0.5) is 4.79 Å². The molecule has 164 valence electrons. The van der Waals surface area contributed by atoms with Crippen LogP contribution in [0.3, 0.4) is 0 Å². The molecule has 31 heavy (non-hydrogen) atoms. The fraction of sp³-hybridized carbons (Fsp3) is 0.348. The molecule has 8 heteroatoms. The van der Waals surface area contributed by atoms with Gasteiger partial charge in [-0.05, 0) is 40.7 Å². The van der Waals surface area contributed by atoms with Crippen molar-refractivity contribution >= 4 is 29.7 Å². The Morgan fingerprint density at radius 3 is 2.23 bits per heavy atom. The second-order valence-corrected chi connectivity index (χ2v) is 8.38. The van der Waals surface area contributed by atoms with Crippen LogP contribution >= 0.6 is 11.8 Å². The number of benzene rings is 2. The summed E-state index contributed by atoms with van der Waals surface area (Å²) in [4.78, 5) is 37.1. The highest BCUT2D eigenvalue weighted by Crippen LogP contribution is 2.44. The molecule has 1 aliphatic rings. The Kier molecular flexibility index (Phi) is 7.57. The summed E-state index contributed by atoms with van der Waals surface area (Å²) in [5.74, 6) is -1.00. The molecule has 2 amide bonds. The topological polar surface area (TPSA) is 95.9 Å². The summed E-state index contributed by atoms with van der Waals surface area (Å²) in [6.45, 7) is -0.283. The highest BCUT2D eigenvalue weighted by atomic mass is 32.2. The summed E-state index contributed by atoms with van der Waals surface area (Å²) >= 11 is 1.54. The van der Waals surface area contributed by atoms with E-state index >= 15 is 0 Å². The summed E-state index contributed by atoms with van der Waals surface area (Å²) < 4.78 is 5.52. The lowest BCUT2D eigenvalue weighted by atomic mass is 9.98. The van der Waals surface area contributed by atoms with Crippen LogP contribution in [0.25, 0.3) is 11.1 Å². The molecule has 0 saturated heterocycles. The number of amides is 2. The Morgan fingerprint density at radius 1 is 1.10 bits per heavy atom. The zero-order valence-electron chi connectivity index (χ0n) is 17.5. The van der Waals surface area contributed by atoms with E-state index in [-0.39, 0.29) is 12.5 Å².